The number of sulfonamides is 1. The second kappa shape index (κ2) is 16.3. The lowest BCUT2D eigenvalue weighted by atomic mass is 10.0. The highest BCUT2D eigenvalue weighted by Gasteiger charge is 2.42. The van der Waals surface area contributed by atoms with E-state index in [2.05, 4.69) is 25.9 Å². The Morgan fingerprint density at radius 1 is 1.02 bits per heavy atom. The van der Waals surface area contributed by atoms with Crippen molar-refractivity contribution in [3.63, 3.8) is 0 Å². The number of urea groups is 1. The zero-order chi connectivity index (χ0) is 36.0. The van der Waals surface area contributed by atoms with Crippen LogP contribution in [0, 0.1) is 0 Å². The highest BCUT2D eigenvalue weighted by Crippen LogP contribution is 2.33. The minimum atomic E-state index is -3.90. The molecule has 4 aliphatic rings. The van der Waals surface area contributed by atoms with Crippen molar-refractivity contribution in [2.75, 3.05) is 63.3 Å². The summed E-state index contributed by atoms with van der Waals surface area (Å²) in [6.45, 7) is 1.13. The Morgan fingerprint density at radius 3 is 2.65 bits per heavy atom. The summed E-state index contributed by atoms with van der Waals surface area (Å²) in [5.41, 5.74) is 7.20. The Morgan fingerprint density at radius 2 is 1.82 bits per heavy atom. The Labute approximate surface area is 301 Å². The van der Waals surface area contributed by atoms with E-state index < -0.39 is 15.9 Å². The van der Waals surface area contributed by atoms with Gasteiger partial charge in [-0.2, -0.15) is 16.1 Å². The number of hydrogen-bond donors (Lipinski definition) is 4. The summed E-state index contributed by atoms with van der Waals surface area (Å²) in [7, 11) is -2.41. The number of rotatable bonds is 5. The fourth-order valence-corrected chi connectivity index (χ4v) is 8.92. The molecule has 272 valence electrons. The number of fused-ring (bicyclic) bond motifs is 14. The van der Waals surface area contributed by atoms with Gasteiger partial charge < -0.3 is 36.1 Å². The maximum atomic E-state index is 13.5. The second-order valence-corrected chi connectivity index (χ2v) is 15.8. The molecule has 5 heterocycles. The molecule has 2 aromatic carbocycles. The van der Waals surface area contributed by atoms with E-state index >= 15 is 0 Å². The fraction of sp³-hybridized carbons (Fsp3) is 0.441. The van der Waals surface area contributed by atoms with Crippen molar-refractivity contribution in [3.05, 3.63) is 60.4 Å². The Hall–Kier alpha value is -4.45. The number of carbonyl (C=O) groups is 3. The van der Waals surface area contributed by atoms with Gasteiger partial charge in [-0.15, -0.1) is 0 Å². The number of thioether (sulfide) groups is 1. The van der Waals surface area contributed by atoms with Gasteiger partial charge in [0.05, 0.1) is 47.8 Å². The minimum Gasteiger partial charge on any atom is -0.489 e. The first-order valence-electron chi connectivity index (χ1n) is 16.9. The van der Waals surface area contributed by atoms with E-state index in [1.165, 1.54) is 29.7 Å². The van der Waals surface area contributed by atoms with Crippen molar-refractivity contribution in [2.24, 2.45) is 0 Å². The number of likely N-dealkylation sites (N-methyl/N-ethyl adjacent to an activating group) is 1. The van der Waals surface area contributed by atoms with Crippen LogP contribution in [0.4, 0.5) is 16.3 Å². The van der Waals surface area contributed by atoms with Gasteiger partial charge in [-0.3, -0.25) is 9.59 Å². The van der Waals surface area contributed by atoms with Gasteiger partial charge >= 0.3 is 6.03 Å². The average molecular weight is 739 g/mol. The summed E-state index contributed by atoms with van der Waals surface area (Å²) in [4.78, 5) is 48.7. The molecule has 4 amide bonds. The molecule has 4 aliphatic heterocycles. The third kappa shape index (κ3) is 8.72. The Kier molecular flexibility index (Phi) is 11.6. The lowest BCUT2D eigenvalue weighted by molar-refractivity contribution is -0.132. The minimum absolute atomic E-state index is 0.0647. The number of para-hydroxylation sites is 2. The predicted molar refractivity (Wildman–Crippen MR) is 193 cm³/mol. The highest BCUT2D eigenvalue weighted by atomic mass is 32.2. The topological polar surface area (TPSA) is 198 Å². The second-order valence-electron chi connectivity index (χ2n) is 12.5. The number of anilines is 2. The summed E-state index contributed by atoms with van der Waals surface area (Å²) in [6.07, 6.45) is 4.13. The monoisotopic (exact) mass is 738 g/mol. The zero-order valence-electron chi connectivity index (χ0n) is 28.2. The van der Waals surface area contributed by atoms with Crippen molar-refractivity contribution in [3.8, 4) is 17.0 Å². The predicted octanol–water partition coefficient (Wildman–Crippen LogP) is 2.56. The van der Waals surface area contributed by atoms with Crippen molar-refractivity contribution in [1.29, 1.82) is 0 Å². The lowest BCUT2D eigenvalue weighted by Gasteiger charge is -2.26. The Bertz CT molecular complexity index is 1850. The van der Waals surface area contributed by atoms with E-state index in [-0.39, 0.29) is 79.9 Å². The van der Waals surface area contributed by atoms with Gasteiger partial charge in [-0.1, -0.05) is 30.7 Å². The molecule has 0 radical (unpaired) electrons. The van der Waals surface area contributed by atoms with Crippen LogP contribution in [0.25, 0.3) is 11.3 Å². The number of nitrogen functional groups attached to an aromatic ring is 1. The number of ether oxygens (including phenoxy) is 2. The smallest absolute Gasteiger partial charge is 0.315 e. The first kappa shape index (κ1) is 36.3. The number of carbonyl (C=O) groups excluding carboxylic acids is 3. The van der Waals surface area contributed by atoms with E-state index in [4.69, 9.17) is 15.2 Å². The van der Waals surface area contributed by atoms with E-state index in [0.717, 1.165) is 18.6 Å². The molecule has 5 N–H and O–H groups in total. The van der Waals surface area contributed by atoms with Gasteiger partial charge in [0.25, 0.3) is 5.91 Å². The molecule has 2 fully saturated rings. The van der Waals surface area contributed by atoms with Crippen molar-refractivity contribution in [1.82, 2.24) is 29.8 Å². The highest BCUT2D eigenvalue weighted by molar-refractivity contribution is 8.00. The van der Waals surface area contributed by atoms with E-state index in [9.17, 15) is 22.8 Å². The van der Waals surface area contributed by atoms with Crippen LogP contribution in [0.15, 0.2) is 59.6 Å². The van der Waals surface area contributed by atoms with Gasteiger partial charge in [0.2, 0.25) is 15.9 Å². The van der Waals surface area contributed by atoms with Crippen molar-refractivity contribution >= 4 is 51.1 Å². The zero-order valence-corrected chi connectivity index (χ0v) is 29.9. The summed E-state index contributed by atoms with van der Waals surface area (Å²) in [5, 5.41) is 9.05. The summed E-state index contributed by atoms with van der Waals surface area (Å²) >= 11 is 1.84. The molecule has 0 spiro atoms. The van der Waals surface area contributed by atoms with Crippen LogP contribution in [-0.2, 0) is 19.6 Å². The molecule has 7 rings (SSSR count). The van der Waals surface area contributed by atoms with Gasteiger partial charge in [-0.25, -0.2) is 23.2 Å². The van der Waals surface area contributed by atoms with Gasteiger partial charge in [0.1, 0.15) is 12.4 Å². The Balaban J connectivity index is 1.15. The van der Waals surface area contributed by atoms with Crippen LogP contribution >= 0.6 is 11.8 Å². The molecule has 3 atom stereocenters. The average Bonchev–Trinajstić information content (AvgIpc) is 3.68. The van der Waals surface area contributed by atoms with Crippen LogP contribution in [0.3, 0.4) is 0 Å². The molecular formula is C34H42N8O7S2. The molecule has 4 bridgehead atoms. The first-order chi connectivity index (χ1) is 24.6. The van der Waals surface area contributed by atoms with E-state index in [0.29, 0.717) is 40.8 Å². The van der Waals surface area contributed by atoms with Gasteiger partial charge in [0, 0.05) is 49.7 Å². The van der Waals surface area contributed by atoms with Gasteiger partial charge in [0.15, 0.2) is 11.5 Å². The first-order valence-corrected chi connectivity index (χ1v) is 19.4. The number of amides is 4. The van der Waals surface area contributed by atoms with Crippen LogP contribution < -0.4 is 26.4 Å². The molecule has 51 heavy (non-hydrogen) atoms. The fourth-order valence-electron chi connectivity index (χ4n) is 6.21. The number of unbranched alkanes of at least 4 members (excludes halogenated alkanes) is 1. The summed E-state index contributed by atoms with van der Waals surface area (Å²) in [6, 6.07) is 13.2. The standard InChI is InChI=1S/C34H42N8O7S2/c1-41-14-15-42(29(43)9-5-4-8-28-30-26(21-50-28)39-34(45)40-30)16-17-48-18-19-49-27-7-3-2-6-24(27)38-33(44)31-32(35)36-20-25(37-31)22-10-12-23(13-11-22)51(41,46)47/h2-3,6-7,10-13,20,26,28,30H,4-5,8-9,14-19,21H2,1H3,(H2,35,36)(H,38,44)(H2,39,40,45)/t26-,28-,30?/m0/s1. The summed E-state index contributed by atoms with van der Waals surface area (Å²) < 4.78 is 40.0. The largest absolute Gasteiger partial charge is 0.489 e. The molecule has 0 saturated carbocycles. The molecule has 2 saturated heterocycles. The number of nitrogens with one attached hydrogen (secondary N) is 3. The molecule has 0 aliphatic carbocycles. The third-order valence-electron chi connectivity index (χ3n) is 9.11. The van der Waals surface area contributed by atoms with Crippen LogP contribution in [0.1, 0.15) is 36.2 Å². The molecule has 3 aromatic rings. The number of benzene rings is 2. The summed E-state index contributed by atoms with van der Waals surface area (Å²) in [5.74, 6) is 0.570. The number of nitrogens with zero attached hydrogens (tertiary/aromatic N) is 4. The molecular weight excluding hydrogens is 697 g/mol. The van der Waals surface area contributed by atoms with Crippen LogP contribution in [0.2, 0.25) is 0 Å². The molecule has 1 unspecified atom stereocenters. The SMILES string of the molecule is CN1CCN(C(=O)CCCC[C@@H]2SC[C@@H]3NC(=O)NC32)CCOCCOc2ccccc2NC(=O)c2nc(cnc2N)-c2ccc(cc2)S1(=O)=O. The van der Waals surface area contributed by atoms with Gasteiger partial charge in [-0.05, 0) is 37.1 Å². The number of hydrogen-bond acceptors (Lipinski definition) is 11. The van der Waals surface area contributed by atoms with E-state index in [1.54, 1.807) is 41.3 Å². The lowest BCUT2D eigenvalue weighted by Crippen LogP contribution is -2.41. The van der Waals surface area contributed by atoms with Crippen LogP contribution in [-0.4, -0.2) is 115 Å². The van der Waals surface area contributed by atoms with Crippen LogP contribution in [0.5, 0.6) is 5.75 Å². The van der Waals surface area contributed by atoms with Crippen molar-refractivity contribution in [2.45, 2.75) is 47.9 Å². The normalized spacial score (nSPS) is 22.7. The molecule has 1 aromatic heterocycles. The maximum Gasteiger partial charge on any atom is 0.315 e. The number of aromatic nitrogens is 2. The molecule has 17 heteroatoms. The van der Waals surface area contributed by atoms with E-state index in [1.807, 2.05) is 11.8 Å². The van der Waals surface area contributed by atoms with Crippen molar-refractivity contribution < 1.29 is 32.3 Å². The maximum absolute atomic E-state index is 13.5. The third-order valence-corrected chi connectivity index (χ3v) is 12.5. The quantitative estimate of drug-likeness (QED) is 0.171. The number of nitrogens with two attached hydrogens (primary N) is 1. The molecule has 15 nitrogen and oxygen atoms in total.